The Labute approximate surface area is 152 Å². The Morgan fingerprint density at radius 1 is 0.893 bits per heavy atom. The molecule has 0 aliphatic rings. The number of sulfone groups is 1. The molecule has 0 unspecified atom stereocenters. The van der Waals surface area contributed by atoms with Crippen molar-refractivity contribution in [2.45, 2.75) is 16.8 Å². The van der Waals surface area contributed by atoms with E-state index in [1.165, 1.54) is 12.1 Å². The molecule has 4 nitrogen and oxygen atoms in total. The van der Waals surface area contributed by atoms with Crippen LogP contribution in [0.4, 0.5) is 26.3 Å². The molecule has 0 saturated carbocycles. The lowest BCUT2D eigenvalue weighted by Gasteiger charge is -2.13. The molecule has 146 valence electrons. The number of imidazole rings is 1. The first-order valence-corrected chi connectivity index (χ1v) is 9.13. The van der Waals surface area contributed by atoms with E-state index in [4.69, 9.17) is 0 Å². The molecule has 0 aliphatic heterocycles. The molecule has 0 saturated heterocycles. The second-order valence-corrected chi connectivity index (χ2v) is 7.95. The molecule has 0 atom stereocenters. The van der Waals surface area contributed by atoms with Gasteiger partial charge in [0, 0.05) is 10.8 Å². The zero-order valence-corrected chi connectivity index (χ0v) is 14.3. The van der Waals surface area contributed by atoms with Crippen LogP contribution >= 0.6 is 0 Å². The highest BCUT2D eigenvalue weighted by Crippen LogP contribution is 2.38. The normalized spacial score (nSPS) is 13.2. The van der Waals surface area contributed by atoms with Crippen LogP contribution in [0.1, 0.15) is 0 Å². The number of aromatic nitrogens is 2. The monoisotopic (exact) mass is 418 g/mol. The summed E-state index contributed by atoms with van der Waals surface area (Å²) in [6.07, 6.45) is -4.47. The molecule has 28 heavy (non-hydrogen) atoms. The highest BCUT2D eigenvalue weighted by Gasteiger charge is 2.56. The van der Waals surface area contributed by atoms with E-state index in [9.17, 15) is 34.8 Å². The van der Waals surface area contributed by atoms with Crippen LogP contribution in [0.15, 0.2) is 41.6 Å². The predicted molar refractivity (Wildman–Crippen MR) is 89.2 cm³/mol. The molecule has 4 aromatic rings. The van der Waals surface area contributed by atoms with Gasteiger partial charge in [0.1, 0.15) is 11.6 Å². The average molecular weight is 418 g/mol. The molecule has 1 heterocycles. The minimum atomic E-state index is -5.85. The summed E-state index contributed by atoms with van der Waals surface area (Å²) in [6, 6.07) is 6.57. The molecular weight excluding hydrogens is 410 g/mol. The lowest BCUT2D eigenvalue weighted by Crippen LogP contribution is -2.37. The third kappa shape index (κ3) is 2.45. The first-order chi connectivity index (χ1) is 13.0. The minimum absolute atomic E-state index is 0.0854. The highest BCUT2D eigenvalue weighted by molar-refractivity contribution is 7.92. The van der Waals surface area contributed by atoms with Crippen molar-refractivity contribution in [3.8, 4) is 0 Å². The zero-order chi connectivity index (χ0) is 20.4. The SMILES string of the molecule is O=S(=O)(c1nc2c3ccc(F)cc3c3cc(F)ccc3c2[nH]1)C(F)(F)C(F)F. The lowest BCUT2D eigenvalue weighted by molar-refractivity contribution is -0.0639. The van der Waals surface area contributed by atoms with Crippen LogP contribution in [0, 0.1) is 11.6 Å². The molecule has 0 spiro atoms. The first-order valence-electron chi connectivity index (χ1n) is 7.65. The van der Waals surface area contributed by atoms with Gasteiger partial charge in [-0.15, -0.1) is 0 Å². The maximum Gasteiger partial charge on any atom is 0.411 e. The number of hydrogen-bond donors (Lipinski definition) is 1. The number of nitrogens with one attached hydrogen (secondary N) is 1. The largest absolute Gasteiger partial charge is 0.411 e. The summed E-state index contributed by atoms with van der Waals surface area (Å²) in [6.45, 7) is 0. The number of fused-ring (bicyclic) bond motifs is 6. The van der Waals surface area contributed by atoms with Gasteiger partial charge in [0.2, 0.25) is 5.16 Å². The van der Waals surface area contributed by atoms with Crippen molar-refractivity contribution in [3.05, 3.63) is 48.0 Å². The van der Waals surface area contributed by atoms with Crippen molar-refractivity contribution in [2.24, 2.45) is 0 Å². The van der Waals surface area contributed by atoms with E-state index in [1.54, 1.807) is 0 Å². The number of aromatic amines is 1. The number of rotatable bonds is 3. The molecule has 0 amide bonds. The van der Waals surface area contributed by atoms with Gasteiger partial charge in [-0.3, -0.25) is 0 Å². The smallest absolute Gasteiger partial charge is 0.328 e. The maximum absolute atomic E-state index is 13.7. The van der Waals surface area contributed by atoms with Crippen molar-refractivity contribution in [2.75, 3.05) is 0 Å². The molecular formula is C17H8F6N2O2S. The summed E-state index contributed by atoms with van der Waals surface area (Å²) in [4.78, 5) is 5.73. The number of hydrogen-bond acceptors (Lipinski definition) is 3. The van der Waals surface area contributed by atoms with E-state index >= 15 is 0 Å². The number of benzene rings is 3. The number of halogens is 6. The number of H-pyrrole nitrogens is 1. The van der Waals surface area contributed by atoms with Crippen LogP contribution in [0.2, 0.25) is 0 Å². The van der Waals surface area contributed by atoms with Gasteiger partial charge in [0.05, 0.1) is 11.0 Å². The van der Waals surface area contributed by atoms with Crippen molar-refractivity contribution in [1.82, 2.24) is 9.97 Å². The molecule has 0 bridgehead atoms. The summed E-state index contributed by atoms with van der Waals surface area (Å²) in [7, 11) is -5.85. The Hall–Kier alpha value is -2.82. The quantitative estimate of drug-likeness (QED) is 0.385. The highest BCUT2D eigenvalue weighted by atomic mass is 32.2. The van der Waals surface area contributed by atoms with E-state index in [2.05, 4.69) is 9.97 Å². The molecule has 0 radical (unpaired) electrons. The number of alkyl halides is 4. The fourth-order valence-electron chi connectivity index (χ4n) is 3.02. The van der Waals surface area contributed by atoms with Gasteiger partial charge in [0.25, 0.3) is 9.84 Å². The molecule has 1 N–H and O–H groups in total. The Morgan fingerprint density at radius 3 is 2.00 bits per heavy atom. The molecule has 11 heteroatoms. The van der Waals surface area contributed by atoms with Gasteiger partial charge < -0.3 is 4.98 Å². The number of nitrogens with zero attached hydrogens (tertiary/aromatic N) is 1. The Balaban J connectivity index is 2.16. The topological polar surface area (TPSA) is 62.8 Å². The average Bonchev–Trinajstić information content (AvgIpc) is 3.07. The fraction of sp³-hybridized carbons (Fsp3) is 0.118. The van der Waals surface area contributed by atoms with Gasteiger partial charge >= 0.3 is 11.7 Å². The standard InChI is InChI=1S/C17H8F6N2O2S/c18-7-1-3-9-11(5-7)12-6-8(19)2-4-10(12)14-13(9)24-16(25-14)28(26,27)17(22,23)15(20)21/h1-6,15H,(H,24,25). The van der Waals surface area contributed by atoms with Crippen molar-refractivity contribution >= 4 is 42.4 Å². The van der Waals surface area contributed by atoms with Gasteiger partial charge in [-0.2, -0.15) is 8.78 Å². The van der Waals surface area contributed by atoms with E-state index in [-0.39, 0.29) is 32.6 Å². The lowest BCUT2D eigenvalue weighted by atomic mass is 10.00. The third-order valence-corrected chi connectivity index (χ3v) is 5.92. The second-order valence-electron chi connectivity index (χ2n) is 6.01. The molecule has 3 aromatic carbocycles. The van der Waals surface area contributed by atoms with Crippen molar-refractivity contribution < 1.29 is 34.8 Å². The van der Waals surface area contributed by atoms with Crippen LogP contribution in [0.5, 0.6) is 0 Å². The van der Waals surface area contributed by atoms with Gasteiger partial charge in [0.15, 0.2) is 0 Å². The first kappa shape index (κ1) is 18.5. The molecule has 4 rings (SSSR count). The van der Waals surface area contributed by atoms with Crippen LogP contribution in [0.3, 0.4) is 0 Å². The van der Waals surface area contributed by atoms with Crippen LogP contribution in [-0.4, -0.2) is 30.1 Å². The van der Waals surface area contributed by atoms with E-state index < -0.39 is 38.3 Å². The summed E-state index contributed by atoms with van der Waals surface area (Å²) in [5, 5.41) is -6.13. The fourth-order valence-corrected chi connectivity index (χ4v) is 3.96. The molecule has 1 aromatic heterocycles. The van der Waals surface area contributed by atoms with Crippen LogP contribution < -0.4 is 0 Å². The maximum atomic E-state index is 13.7. The van der Waals surface area contributed by atoms with Gasteiger partial charge in [-0.05, 0) is 47.2 Å². The van der Waals surface area contributed by atoms with E-state index in [1.807, 2.05) is 0 Å². The van der Waals surface area contributed by atoms with Gasteiger partial charge in [-0.25, -0.2) is 31.0 Å². The Kier molecular flexibility index (Phi) is 3.86. The minimum Gasteiger partial charge on any atom is -0.328 e. The Morgan fingerprint density at radius 2 is 1.43 bits per heavy atom. The summed E-state index contributed by atoms with van der Waals surface area (Å²) >= 11 is 0. The zero-order valence-electron chi connectivity index (χ0n) is 13.5. The predicted octanol–water partition coefficient (Wildman–Crippen LogP) is 4.78. The van der Waals surface area contributed by atoms with Crippen LogP contribution in [-0.2, 0) is 9.84 Å². The summed E-state index contributed by atoms with van der Waals surface area (Å²) in [5.74, 6) is -1.35. The summed E-state index contributed by atoms with van der Waals surface area (Å²) in [5.41, 5.74) is -0.240. The van der Waals surface area contributed by atoms with Crippen LogP contribution in [0.25, 0.3) is 32.6 Å². The Bertz CT molecular complexity index is 1290. The van der Waals surface area contributed by atoms with Crippen molar-refractivity contribution in [3.63, 3.8) is 0 Å². The third-order valence-electron chi connectivity index (χ3n) is 4.33. The molecule has 0 aliphatic carbocycles. The second kappa shape index (κ2) is 5.84. The van der Waals surface area contributed by atoms with Gasteiger partial charge in [-0.1, -0.05) is 0 Å². The summed E-state index contributed by atoms with van der Waals surface area (Å²) < 4.78 is 104. The van der Waals surface area contributed by atoms with Crippen molar-refractivity contribution in [1.29, 1.82) is 0 Å². The van der Waals surface area contributed by atoms with E-state index in [0.29, 0.717) is 0 Å². The molecule has 0 fully saturated rings. The van der Waals surface area contributed by atoms with E-state index in [0.717, 1.165) is 24.3 Å².